The summed E-state index contributed by atoms with van der Waals surface area (Å²) in [6, 6.07) is 1.37. The molecule has 0 amide bonds. The van der Waals surface area contributed by atoms with Crippen LogP contribution in [0, 0.1) is 12.8 Å². The first-order chi connectivity index (χ1) is 9.56. The lowest BCUT2D eigenvalue weighted by molar-refractivity contribution is 0.100. The molecule has 1 aromatic heterocycles. The summed E-state index contributed by atoms with van der Waals surface area (Å²) in [4.78, 5) is 5.37. The van der Waals surface area contributed by atoms with E-state index in [1.54, 1.807) is 0 Å². The highest BCUT2D eigenvalue weighted by molar-refractivity contribution is 5.51. The van der Waals surface area contributed by atoms with Crippen molar-refractivity contribution in [2.75, 3.05) is 24.5 Å². The Morgan fingerprint density at radius 2 is 2.05 bits per heavy atom. The molecule has 112 valence electrons. The van der Waals surface area contributed by atoms with Crippen LogP contribution >= 0.6 is 0 Å². The maximum atomic E-state index is 4.55. The number of nitrogens with zero attached hydrogens (tertiary/aromatic N) is 4. The summed E-state index contributed by atoms with van der Waals surface area (Å²) in [5.74, 6) is 0.678. The van der Waals surface area contributed by atoms with E-state index >= 15 is 0 Å². The van der Waals surface area contributed by atoms with Gasteiger partial charge in [0.15, 0.2) is 0 Å². The summed E-state index contributed by atoms with van der Waals surface area (Å²) in [6.45, 7) is 10.5. The van der Waals surface area contributed by atoms with Crippen LogP contribution in [0.25, 0.3) is 0 Å². The summed E-state index contributed by atoms with van der Waals surface area (Å²) >= 11 is 0. The van der Waals surface area contributed by atoms with Crippen molar-refractivity contribution in [2.24, 2.45) is 13.0 Å². The Morgan fingerprint density at radius 3 is 2.70 bits per heavy atom. The molecule has 0 saturated carbocycles. The third-order valence-corrected chi connectivity index (χ3v) is 5.04. The Bertz CT molecular complexity index is 465. The van der Waals surface area contributed by atoms with Gasteiger partial charge >= 0.3 is 0 Å². The van der Waals surface area contributed by atoms with Gasteiger partial charge in [-0.15, -0.1) is 0 Å². The zero-order valence-electron chi connectivity index (χ0n) is 13.3. The molecule has 0 spiro atoms. The summed E-state index contributed by atoms with van der Waals surface area (Å²) in [5, 5.41) is 4.55. The number of aryl methyl sites for hydroxylation is 2. The SMILES string of the molecule is Cc1nn(C)cc1N1CC2CCCCN2CC1C(C)C. The van der Waals surface area contributed by atoms with E-state index in [0.29, 0.717) is 12.0 Å². The van der Waals surface area contributed by atoms with Gasteiger partial charge in [0.1, 0.15) is 0 Å². The minimum atomic E-state index is 0.618. The van der Waals surface area contributed by atoms with Gasteiger partial charge in [0, 0.05) is 38.4 Å². The molecule has 2 saturated heterocycles. The number of hydrogen-bond acceptors (Lipinski definition) is 3. The molecular formula is C16H28N4. The van der Waals surface area contributed by atoms with Crippen LogP contribution in [0.5, 0.6) is 0 Å². The van der Waals surface area contributed by atoms with E-state index in [-0.39, 0.29) is 0 Å². The minimum Gasteiger partial charge on any atom is -0.363 e. The molecule has 3 heterocycles. The van der Waals surface area contributed by atoms with E-state index in [1.807, 2.05) is 11.7 Å². The first kappa shape index (κ1) is 13.9. The van der Waals surface area contributed by atoms with E-state index in [4.69, 9.17) is 0 Å². The fraction of sp³-hybridized carbons (Fsp3) is 0.812. The lowest BCUT2D eigenvalue weighted by Gasteiger charge is -2.50. The molecule has 4 heteroatoms. The van der Waals surface area contributed by atoms with Crippen molar-refractivity contribution in [1.29, 1.82) is 0 Å². The molecule has 0 N–H and O–H groups in total. The van der Waals surface area contributed by atoms with Gasteiger partial charge in [-0.05, 0) is 32.2 Å². The highest BCUT2D eigenvalue weighted by Gasteiger charge is 2.37. The Morgan fingerprint density at radius 1 is 1.25 bits per heavy atom. The van der Waals surface area contributed by atoms with E-state index in [2.05, 4.69) is 41.9 Å². The van der Waals surface area contributed by atoms with Crippen LogP contribution in [0.15, 0.2) is 6.20 Å². The van der Waals surface area contributed by atoms with Crippen LogP contribution < -0.4 is 4.90 Å². The van der Waals surface area contributed by atoms with Crippen molar-refractivity contribution in [3.8, 4) is 0 Å². The quantitative estimate of drug-likeness (QED) is 0.829. The molecule has 2 atom stereocenters. The predicted molar refractivity (Wildman–Crippen MR) is 83.1 cm³/mol. The van der Waals surface area contributed by atoms with E-state index in [1.165, 1.54) is 50.3 Å². The lowest BCUT2D eigenvalue weighted by Crippen LogP contribution is -2.61. The molecule has 3 rings (SSSR count). The first-order valence-corrected chi connectivity index (χ1v) is 8.07. The van der Waals surface area contributed by atoms with Crippen molar-refractivity contribution in [3.63, 3.8) is 0 Å². The topological polar surface area (TPSA) is 24.3 Å². The van der Waals surface area contributed by atoms with Gasteiger partial charge in [-0.25, -0.2) is 0 Å². The van der Waals surface area contributed by atoms with Crippen LogP contribution in [0.2, 0.25) is 0 Å². The number of hydrogen-bond donors (Lipinski definition) is 0. The maximum Gasteiger partial charge on any atom is 0.0827 e. The number of anilines is 1. The monoisotopic (exact) mass is 276 g/mol. The third kappa shape index (κ3) is 2.46. The molecule has 1 aromatic rings. The van der Waals surface area contributed by atoms with Gasteiger partial charge in [0.25, 0.3) is 0 Å². The zero-order valence-corrected chi connectivity index (χ0v) is 13.3. The van der Waals surface area contributed by atoms with Gasteiger partial charge in [-0.2, -0.15) is 5.10 Å². The number of piperazine rings is 1. The second-order valence-corrected chi connectivity index (χ2v) is 6.88. The average molecular weight is 276 g/mol. The van der Waals surface area contributed by atoms with E-state index < -0.39 is 0 Å². The second-order valence-electron chi connectivity index (χ2n) is 6.88. The molecule has 0 radical (unpaired) electrons. The van der Waals surface area contributed by atoms with Crippen LogP contribution in [0.3, 0.4) is 0 Å². The average Bonchev–Trinajstić information content (AvgIpc) is 2.76. The number of aromatic nitrogens is 2. The predicted octanol–water partition coefficient (Wildman–Crippen LogP) is 2.43. The summed E-state index contributed by atoms with van der Waals surface area (Å²) in [6.07, 6.45) is 6.34. The Kier molecular flexibility index (Phi) is 3.76. The van der Waals surface area contributed by atoms with Crippen molar-refractivity contribution < 1.29 is 0 Å². The van der Waals surface area contributed by atoms with Crippen molar-refractivity contribution in [3.05, 3.63) is 11.9 Å². The second kappa shape index (κ2) is 5.40. The summed E-state index contributed by atoms with van der Waals surface area (Å²) in [7, 11) is 2.03. The molecule has 0 aliphatic carbocycles. The van der Waals surface area contributed by atoms with Gasteiger partial charge in [0.05, 0.1) is 11.4 Å². The fourth-order valence-corrected chi connectivity index (χ4v) is 3.93. The summed E-state index contributed by atoms with van der Waals surface area (Å²) < 4.78 is 1.95. The number of piperidine rings is 1. The Hall–Kier alpha value is -1.03. The normalized spacial score (nSPS) is 27.9. The largest absolute Gasteiger partial charge is 0.363 e. The van der Waals surface area contributed by atoms with Crippen molar-refractivity contribution >= 4 is 5.69 Å². The molecule has 2 aliphatic heterocycles. The Labute approximate surface area is 122 Å². The minimum absolute atomic E-state index is 0.618. The van der Waals surface area contributed by atoms with Crippen LogP contribution in [0.1, 0.15) is 38.8 Å². The third-order valence-electron chi connectivity index (χ3n) is 5.04. The highest BCUT2D eigenvalue weighted by atomic mass is 15.3. The molecular weight excluding hydrogens is 248 g/mol. The maximum absolute atomic E-state index is 4.55. The van der Waals surface area contributed by atoms with Crippen LogP contribution in [-0.4, -0.2) is 46.4 Å². The molecule has 0 bridgehead atoms. The van der Waals surface area contributed by atoms with Crippen molar-refractivity contribution in [2.45, 2.75) is 52.1 Å². The standard InChI is InChI=1S/C16H28N4/c1-12(2)15-11-19-8-6-5-7-14(19)9-20(15)16-10-18(4)17-13(16)3/h10,12,14-15H,5-9,11H2,1-4H3. The zero-order chi connectivity index (χ0) is 14.3. The lowest BCUT2D eigenvalue weighted by atomic mass is 9.91. The van der Waals surface area contributed by atoms with E-state index in [0.717, 1.165) is 6.04 Å². The van der Waals surface area contributed by atoms with Crippen LogP contribution in [-0.2, 0) is 7.05 Å². The number of rotatable bonds is 2. The Balaban J connectivity index is 1.88. The first-order valence-electron chi connectivity index (χ1n) is 8.07. The van der Waals surface area contributed by atoms with Gasteiger partial charge in [0.2, 0.25) is 0 Å². The van der Waals surface area contributed by atoms with E-state index in [9.17, 15) is 0 Å². The molecule has 2 aliphatic rings. The molecule has 2 fully saturated rings. The molecule has 20 heavy (non-hydrogen) atoms. The highest BCUT2D eigenvalue weighted by Crippen LogP contribution is 2.32. The van der Waals surface area contributed by atoms with Crippen LogP contribution in [0.4, 0.5) is 5.69 Å². The molecule has 0 aromatic carbocycles. The molecule has 4 nitrogen and oxygen atoms in total. The smallest absolute Gasteiger partial charge is 0.0827 e. The number of fused-ring (bicyclic) bond motifs is 1. The van der Waals surface area contributed by atoms with Gasteiger partial charge in [-0.1, -0.05) is 20.3 Å². The fourth-order valence-electron chi connectivity index (χ4n) is 3.93. The summed E-state index contributed by atoms with van der Waals surface area (Å²) in [5.41, 5.74) is 2.51. The van der Waals surface area contributed by atoms with Crippen molar-refractivity contribution in [1.82, 2.24) is 14.7 Å². The van der Waals surface area contributed by atoms with Gasteiger partial charge in [-0.3, -0.25) is 9.58 Å². The molecule has 2 unspecified atom stereocenters. The van der Waals surface area contributed by atoms with Gasteiger partial charge < -0.3 is 4.90 Å².